The number of methoxy groups -OCH3 is 1. The topological polar surface area (TPSA) is 91.6 Å². The van der Waals surface area contributed by atoms with E-state index in [1.54, 1.807) is 0 Å². The van der Waals surface area contributed by atoms with Crippen LogP contribution in [-0.4, -0.2) is 23.0 Å². The van der Waals surface area contributed by atoms with E-state index in [-0.39, 0.29) is 33.0 Å². The van der Waals surface area contributed by atoms with Crippen molar-refractivity contribution < 1.29 is 32.4 Å². The van der Waals surface area contributed by atoms with Gasteiger partial charge in [-0.3, -0.25) is 10.1 Å². The number of nitro groups is 1. The standard InChI is InChI=1S/C16H9F3N2O5S/c1-25-11-7-6-10(13-12(11)20-15(27-13)16(17,18)19)14(22)26-9-4-2-8(3-5-9)21(23)24/h2-7H,1H3. The van der Waals surface area contributed by atoms with Crippen molar-refractivity contribution in [2.75, 3.05) is 7.11 Å². The van der Waals surface area contributed by atoms with Gasteiger partial charge >= 0.3 is 12.1 Å². The lowest BCUT2D eigenvalue weighted by Gasteiger charge is -2.06. The van der Waals surface area contributed by atoms with E-state index >= 15 is 0 Å². The highest BCUT2D eigenvalue weighted by atomic mass is 32.1. The van der Waals surface area contributed by atoms with Gasteiger partial charge in [0.1, 0.15) is 17.0 Å². The number of benzene rings is 2. The SMILES string of the molecule is COc1ccc(C(=O)Oc2ccc([N+](=O)[O-])cc2)c2sc(C(F)(F)F)nc12. The van der Waals surface area contributed by atoms with Crippen LogP contribution in [0.25, 0.3) is 10.2 Å². The Kier molecular flexibility index (Phi) is 4.70. The summed E-state index contributed by atoms with van der Waals surface area (Å²) in [5.74, 6) is -0.826. The van der Waals surface area contributed by atoms with Crippen LogP contribution in [0.1, 0.15) is 15.4 Å². The van der Waals surface area contributed by atoms with E-state index in [2.05, 4.69) is 4.98 Å². The van der Waals surface area contributed by atoms with Crippen molar-refractivity contribution in [1.29, 1.82) is 0 Å². The molecule has 0 radical (unpaired) electrons. The van der Waals surface area contributed by atoms with Gasteiger partial charge in [0.25, 0.3) is 5.69 Å². The number of hydrogen-bond donors (Lipinski definition) is 0. The van der Waals surface area contributed by atoms with Gasteiger partial charge in [0.05, 0.1) is 22.3 Å². The zero-order valence-corrected chi connectivity index (χ0v) is 14.3. The number of rotatable bonds is 4. The van der Waals surface area contributed by atoms with E-state index in [1.807, 2.05) is 0 Å². The maximum atomic E-state index is 13.0. The monoisotopic (exact) mass is 398 g/mol. The van der Waals surface area contributed by atoms with Crippen LogP contribution in [0.3, 0.4) is 0 Å². The van der Waals surface area contributed by atoms with Crippen molar-refractivity contribution in [1.82, 2.24) is 4.98 Å². The number of esters is 1. The van der Waals surface area contributed by atoms with Crippen LogP contribution in [0, 0.1) is 10.1 Å². The summed E-state index contributed by atoms with van der Waals surface area (Å²) in [6.45, 7) is 0. The fourth-order valence-electron chi connectivity index (χ4n) is 2.23. The smallest absolute Gasteiger partial charge is 0.443 e. The number of ether oxygens (including phenoxy) is 2. The number of non-ortho nitro benzene ring substituents is 1. The summed E-state index contributed by atoms with van der Waals surface area (Å²) in [6.07, 6.45) is -4.67. The second-order valence-corrected chi connectivity index (χ2v) is 6.15. The Morgan fingerprint density at radius 3 is 2.41 bits per heavy atom. The van der Waals surface area contributed by atoms with Crippen molar-refractivity contribution in [3.05, 3.63) is 57.1 Å². The quantitative estimate of drug-likeness (QED) is 0.279. The van der Waals surface area contributed by atoms with Gasteiger partial charge in [0, 0.05) is 12.1 Å². The molecule has 0 saturated heterocycles. The van der Waals surface area contributed by atoms with E-state index in [4.69, 9.17) is 9.47 Å². The van der Waals surface area contributed by atoms with Gasteiger partial charge in [-0.15, -0.1) is 11.3 Å². The fourth-order valence-corrected chi connectivity index (χ4v) is 3.18. The maximum absolute atomic E-state index is 13.0. The molecule has 0 unspecified atom stereocenters. The minimum Gasteiger partial charge on any atom is -0.494 e. The Bertz CT molecular complexity index is 1030. The molecule has 1 aromatic heterocycles. The lowest BCUT2D eigenvalue weighted by atomic mass is 10.2. The van der Waals surface area contributed by atoms with Crippen LogP contribution in [0.5, 0.6) is 11.5 Å². The lowest BCUT2D eigenvalue weighted by molar-refractivity contribution is -0.384. The van der Waals surface area contributed by atoms with Gasteiger partial charge in [-0.25, -0.2) is 9.78 Å². The molecule has 0 aliphatic heterocycles. The summed E-state index contributed by atoms with van der Waals surface area (Å²) in [6, 6.07) is 7.29. The van der Waals surface area contributed by atoms with Gasteiger partial charge in [-0.05, 0) is 24.3 Å². The Morgan fingerprint density at radius 1 is 1.19 bits per heavy atom. The van der Waals surface area contributed by atoms with E-state index in [0.717, 1.165) is 12.1 Å². The summed E-state index contributed by atoms with van der Waals surface area (Å²) >= 11 is 0.299. The molecule has 1 heterocycles. The molecule has 3 aromatic rings. The minimum absolute atomic E-state index is 0.00938. The molecule has 140 valence electrons. The molecule has 2 aromatic carbocycles. The molecule has 3 rings (SSSR count). The lowest BCUT2D eigenvalue weighted by Crippen LogP contribution is -2.08. The average molecular weight is 398 g/mol. The second kappa shape index (κ2) is 6.83. The largest absolute Gasteiger partial charge is 0.494 e. The number of carbonyl (C=O) groups is 1. The van der Waals surface area contributed by atoms with Crippen molar-refractivity contribution in [2.24, 2.45) is 0 Å². The first-order valence-corrected chi connectivity index (χ1v) is 8.03. The van der Waals surface area contributed by atoms with Crippen LogP contribution in [0.4, 0.5) is 18.9 Å². The Balaban J connectivity index is 1.99. The summed E-state index contributed by atoms with van der Waals surface area (Å²) in [7, 11) is 1.27. The average Bonchev–Trinajstić information content (AvgIpc) is 3.07. The molecule has 0 spiro atoms. The first-order valence-electron chi connectivity index (χ1n) is 7.22. The molecule has 0 aliphatic carbocycles. The van der Waals surface area contributed by atoms with Crippen LogP contribution >= 0.6 is 11.3 Å². The number of nitrogens with zero attached hydrogens (tertiary/aromatic N) is 2. The molecule has 0 atom stereocenters. The number of thiazole rings is 1. The fraction of sp³-hybridized carbons (Fsp3) is 0.125. The number of fused-ring (bicyclic) bond motifs is 1. The van der Waals surface area contributed by atoms with Crippen LogP contribution in [0.15, 0.2) is 36.4 Å². The zero-order valence-electron chi connectivity index (χ0n) is 13.4. The summed E-state index contributed by atoms with van der Waals surface area (Å²) < 4.78 is 49.0. The highest BCUT2D eigenvalue weighted by molar-refractivity contribution is 7.19. The third-order valence-electron chi connectivity index (χ3n) is 3.45. The number of hydrogen-bond acceptors (Lipinski definition) is 7. The van der Waals surface area contributed by atoms with Crippen molar-refractivity contribution in [2.45, 2.75) is 6.18 Å². The predicted molar refractivity (Wildman–Crippen MR) is 89.2 cm³/mol. The summed E-state index contributed by atoms with van der Waals surface area (Å²) in [4.78, 5) is 25.9. The predicted octanol–water partition coefficient (Wildman–Crippen LogP) is 4.45. The number of alkyl halides is 3. The Morgan fingerprint density at radius 2 is 1.85 bits per heavy atom. The Hall–Kier alpha value is -3.21. The van der Waals surface area contributed by atoms with E-state index < -0.39 is 22.1 Å². The molecule has 27 heavy (non-hydrogen) atoms. The molecular formula is C16H9F3N2O5S. The normalized spacial score (nSPS) is 11.4. The number of nitro benzene ring substituents is 1. The van der Waals surface area contributed by atoms with Gasteiger partial charge < -0.3 is 9.47 Å². The first kappa shape index (κ1) is 18.6. The van der Waals surface area contributed by atoms with Gasteiger partial charge in [0.15, 0.2) is 5.01 Å². The van der Waals surface area contributed by atoms with Crippen LogP contribution in [-0.2, 0) is 6.18 Å². The summed E-state index contributed by atoms with van der Waals surface area (Å²) in [5, 5.41) is 9.52. The van der Waals surface area contributed by atoms with Gasteiger partial charge in [0.2, 0.25) is 0 Å². The number of halogens is 3. The Labute approximate surface area is 153 Å². The third kappa shape index (κ3) is 3.67. The van der Waals surface area contributed by atoms with Gasteiger partial charge in [-0.2, -0.15) is 13.2 Å². The van der Waals surface area contributed by atoms with E-state index in [9.17, 15) is 28.1 Å². The molecule has 11 heteroatoms. The highest BCUT2D eigenvalue weighted by Crippen LogP contribution is 2.40. The van der Waals surface area contributed by atoms with Gasteiger partial charge in [-0.1, -0.05) is 0 Å². The molecule has 0 fully saturated rings. The van der Waals surface area contributed by atoms with Crippen molar-refractivity contribution >= 4 is 33.2 Å². The van der Waals surface area contributed by atoms with E-state index in [0.29, 0.717) is 11.3 Å². The van der Waals surface area contributed by atoms with Crippen molar-refractivity contribution in [3.63, 3.8) is 0 Å². The molecule has 7 nitrogen and oxygen atoms in total. The molecule has 0 amide bonds. The number of carbonyl (C=O) groups excluding carboxylic acids is 1. The highest BCUT2D eigenvalue weighted by Gasteiger charge is 2.36. The molecule has 0 aliphatic rings. The minimum atomic E-state index is -4.67. The second-order valence-electron chi connectivity index (χ2n) is 5.15. The molecule has 0 N–H and O–H groups in total. The summed E-state index contributed by atoms with van der Waals surface area (Å²) in [5.41, 5.74) is -0.427. The third-order valence-corrected chi connectivity index (χ3v) is 4.58. The number of aromatic nitrogens is 1. The van der Waals surface area contributed by atoms with Crippen LogP contribution < -0.4 is 9.47 Å². The molecular weight excluding hydrogens is 389 g/mol. The van der Waals surface area contributed by atoms with E-state index in [1.165, 1.54) is 31.4 Å². The maximum Gasteiger partial charge on any atom is 0.443 e. The zero-order chi connectivity index (χ0) is 19.8. The molecule has 0 saturated carbocycles. The first-order chi connectivity index (χ1) is 12.7. The van der Waals surface area contributed by atoms with Crippen molar-refractivity contribution in [3.8, 4) is 11.5 Å². The van der Waals surface area contributed by atoms with Crippen LogP contribution in [0.2, 0.25) is 0 Å². The molecule has 0 bridgehead atoms.